The molecule has 204 valence electrons. The Morgan fingerprint density at radius 1 is 1.21 bits per heavy atom. The zero-order valence-corrected chi connectivity index (χ0v) is 22.7. The summed E-state index contributed by atoms with van der Waals surface area (Å²) in [6.07, 6.45) is 14.1. The molecule has 1 N–H and O–H groups in total. The number of ether oxygens (including phenoxy) is 2. The van der Waals surface area contributed by atoms with E-state index in [0.717, 1.165) is 49.7 Å². The van der Waals surface area contributed by atoms with Crippen LogP contribution in [0, 0.1) is 41.3 Å². The predicted molar refractivity (Wildman–Crippen MR) is 145 cm³/mol. The highest BCUT2D eigenvalue weighted by Gasteiger charge is 2.54. The first-order valence-electron chi connectivity index (χ1n) is 14.3. The second-order valence-electron chi connectivity index (χ2n) is 11.6. The fourth-order valence-electron chi connectivity index (χ4n) is 7.59. The number of alkyl carbamates (subject to hydrolysis) is 1. The van der Waals surface area contributed by atoms with E-state index in [1.807, 2.05) is 19.9 Å². The fraction of sp³-hybridized carbons (Fsp3) is 0.562. The number of allylic oxidation sites excluding steroid dienone is 6. The summed E-state index contributed by atoms with van der Waals surface area (Å²) < 4.78 is 24.7. The first-order chi connectivity index (χ1) is 18.3. The molecule has 6 heteroatoms. The van der Waals surface area contributed by atoms with Crippen molar-refractivity contribution in [3.05, 3.63) is 65.5 Å². The lowest BCUT2D eigenvalue weighted by Crippen LogP contribution is -2.43. The first kappa shape index (κ1) is 26.7. The quantitative estimate of drug-likeness (QED) is 0.431. The van der Waals surface area contributed by atoms with Gasteiger partial charge >= 0.3 is 12.1 Å². The van der Waals surface area contributed by atoms with Crippen molar-refractivity contribution in [1.82, 2.24) is 5.32 Å². The second kappa shape index (κ2) is 11.5. The van der Waals surface area contributed by atoms with E-state index in [1.54, 1.807) is 12.1 Å². The largest absolute Gasteiger partial charge is 0.462 e. The molecule has 5 rings (SSSR count). The smallest absolute Gasteiger partial charge is 0.407 e. The molecular weight excluding hydrogens is 481 g/mol. The summed E-state index contributed by atoms with van der Waals surface area (Å²) in [6.45, 7) is 6.41. The van der Waals surface area contributed by atoms with Crippen LogP contribution in [0.5, 0.6) is 0 Å². The van der Waals surface area contributed by atoms with Gasteiger partial charge in [0.25, 0.3) is 0 Å². The number of carbonyl (C=O) groups excluding carboxylic acids is 2. The zero-order valence-electron chi connectivity index (χ0n) is 22.7. The van der Waals surface area contributed by atoms with Crippen molar-refractivity contribution >= 4 is 17.6 Å². The predicted octanol–water partition coefficient (Wildman–Crippen LogP) is 6.85. The number of hydrogen-bond acceptors (Lipinski definition) is 4. The van der Waals surface area contributed by atoms with E-state index in [9.17, 15) is 14.0 Å². The summed E-state index contributed by atoms with van der Waals surface area (Å²) in [7, 11) is 0. The molecule has 1 unspecified atom stereocenters. The van der Waals surface area contributed by atoms with Gasteiger partial charge in [0, 0.05) is 12.0 Å². The Morgan fingerprint density at radius 3 is 2.82 bits per heavy atom. The molecule has 0 spiro atoms. The monoisotopic (exact) mass is 521 g/mol. The topological polar surface area (TPSA) is 64.6 Å². The molecular formula is C32H40FNO4. The van der Waals surface area contributed by atoms with Crippen LogP contribution in [0.3, 0.4) is 0 Å². The number of rotatable bonds is 5. The molecule has 38 heavy (non-hydrogen) atoms. The highest BCUT2D eigenvalue weighted by molar-refractivity contribution is 5.75. The average molecular weight is 522 g/mol. The van der Waals surface area contributed by atoms with E-state index in [0.29, 0.717) is 18.4 Å². The van der Waals surface area contributed by atoms with Crippen LogP contribution in [-0.4, -0.2) is 30.8 Å². The number of halogens is 1. The number of fused-ring (bicyclic) bond motifs is 2. The summed E-state index contributed by atoms with van der Waals surface area (Å²) in [5.41, 5.74) is 3.35. The summed E-state index contributed by atoms with van der Waals surface area (Å²) in [5.74, 6) is 1.19. The molecule has 8 atom stereocenters. The van der Waals surface area contributed by atoms with Crippen LogP contribution in [0.1, 0.15) is 64.9 Å². The third-order valence-electron chi connectivity index (χ3n) is 9.23. The van der Waals surface area contributed by atoms with Crippen LogP contribution in [0.4, 0.5) is 9.18 Å². The van der Waals surface area contributed by atoms with Gasteiger partial charge in [-0.25, -0.2) is 9.18 Å². The molecule has 1 amide bonds. The molecule has 0 bridgehead atoms. The van der Waals surface area contributed by atoms with E-state index in [1.165, 1.54) is 11.6 Å². The van der Waals surface area contributed by atoms with Gasteiger partial charge in [-0.15, -0.1) is 0 Å². The van der Waals surface area contributed by atoms with Gasteiger partial charge in [-0.05, 0) is 98.5 Å². The molecule has 1 aromatic carbocycles. The maximum Gasteiger partial charge on any atom is 0.407 e. The number of carbonyl (C=O) groups is 2. The summed E-state index contributed by atoms with van der Waals surface area (Å²) in [6, 6.07) is 6.89. The second-order valence-corrected chi connectivity index (χ2v) is 11.6. The van der Waals surface area contributed by atoms with Gasteiger partial charge < -0.3 is 14.8 Å². The lowest BCUT2D eigenvalue weighted by atomic mass is 9.59. The Labute approximate surface area is 225 Å². The van der Waals surface area contributed by atoms with Crippen molar-refractivity contribution in [2.24, 2.45) is 35.5 Å². The van der Waals surface area contributed by atoms with Crippen molar-refractivity contribution in [1.29, 1.82) is 0 Å². The Morgan fingerprint density at radius 2 is 2.05 bits per heavy atom. The standard InChI is InChI=1S/C32H40FNO4/c1-4-37-32(36)34-25-9-6-10-27-23(17-25)18-29-30(20(3)38-31(29)35)28(27)14-12-21-11-13-26(19(2)15-21)22-7-5-8-24(33)16-22/h5,7-8,11-14,16,19-20,23,25,27-30H,4,6,9-10,15,17-18H2,1-3H3,(H,34,36)/b14-12+/t19?,20-,23-,25-,27-,28+,29+,30-/m1/s1. The minimum atomic E-state index is -0.348. The molecule has 5 nitrogen and oxygen atoms in total. The average Bonchev–Trinajstić information content (AvgIpc) is 3.03. The molecule has 1 aliphatic heterocycles. The van der Waals surface area contributed by atoms with Gasteiger partial charge in [-0.2, -0.15) is 0 Å². The molecule has 1 heterocycles. The van der Waals surface area contributed by atoms with Gasteiger partial charge in [0.05, 0.1) is 12.5 Å². The summed E-state index contributed by atoms with van der Waals surface area (Å²) >= 11 is 0. The number of cyclic esters (lactones) is 1. The fourth-order valence-corrected chi connectivity index (χ4v) is 7.59. The van der Waals surface area contributed by atoms with Gasteiger partial charge in [0.2, 0.25) is 0 Å². The van der Waals surface area contributed by atoms with E-state index >= 15 is 0 Å². The minimum absolute atomic E-state index is 0.0633. The van der Waals surface area contributed by atoms with Crippen LogP contribution in [0.2, 0.25) is 0 Å². The van der Waals surface area contributed by atoms with Gasteiger partial charge in [-0.1, -0.05) is 49.8 Å². The van der Waals surface area contributed by atoms with Crippen LogP contribution >= 0.6 is 0 Å². The van der Waals surface area contributed by atoms with Crippen molar-refractivity contribution in [2.45, 2.75) is 71.4 Å². The van der Waals surface area contributed by atoms with Gasteiger partial charge in [0.1, 0.15) is 11.9 Å². The number of benzene rings is 1. The first-order valence-corrected chi connectivity index (χ1v) is 14.3. The van der Waals surface area contributed by atoms with Crippen LogP contribution in [-0.2, 0) is 14.3 Å². The molecule has 1 saturated heterocycles. The number of amides is 1. The third kappa shape index (κ3) is 5.60. The Bertz CT molecular complexity index is 1140. The zero-order chi connectivity index (χ0) is 26.8. The Kier molecular flexibility index (Phi) is 8.06. The highest BCUT2D eigenvalue weighted by atomic mass is 19.1. The van der Waals surface area contributed by atoms with Gasteiger partial charge in [0.15, 0.2) is 0 Å². The van der Waals surface area contributed by atoms with E-state index in [2.05, 4.69) is 36.5 Å². The van der Waals surface area contributed by atoms with Crippen molar-refractivity contribution in [2.75, 3.05) is 6.61 Å². The van der Waals surface area contributed by atoms with Crippen molar-refractivity contribution in [3.63, 3.8) is 0 Å². The Hall–Kier alpha value is -2.89. The SMILES string of the molecule is CCOC(=O)N[C@@H]1CCC[C@@H]2[C@H](C1)C[C@@H]1C(=O)O[C@H](C)[C@@H]1[C@H]2/C=C/C1=CC=C(c2cccc(F)c2)C(C)C1. The van der Waals surface area contributed by atoms with Crippen molar-refractivity contribution in [3.8, 4) is 0 Å². The van der Waals surface area contributed by atoms with Crippen LogP contribution < -0.4 is 5.32 Å². The normalized spacial score (nSPS) is 34.9. The molecule has 2 saturated carbocycles. The van der Waals surface area contributed by atoms with E-state index in [4.69, 9.17) is 9.47 Å². The van der Waals surface area contributed by atoms with Crippen LogP contribution in [0.15, 0.2) is 54.1 Å². The molecule has 3 aliphatic carbocycles. The lowest BCUT2D eigenvalue weighted by molar-refractivity contribution is -0.144. The number of esters is 1. The Balaban J connectivity index is 1.37. The summed E-state index contributed by atoms with van der Waals surface area (Å²) in [4.78, 5) is 24.9. The maximum absolute atomic E-state index is 13.8. The molecule has 1 aromatic rings. The van der Waals surface area contributed by atoms with Crippen LogP contribution in [0.25, 0.3) is 5.57 Å². The lowest BCUT2D eigenvalue weighted by Gasteiger charge is -2.43. The minimum Gasteiger partial charge on any atom is -0.462 e. The molecule has 3 fully saturated rings. The van der Waals surface area contributed by atoms with E-state index in [-0.39, 0.29) is 53.7 Å². The molecule has 4 aliphatic rings. The summed E-state index contributed by atoms with van der Waals surface area (Å²) in [5, 5.41) is 3.06. The maximum atomic E-state index is 13.8. The third-order valence-corrected chi connectivity index (χ3v) is 9.23. The number of nitrogens with one attached hydrogen (secondary N) is 1. The molecule has 0 aromatic heterocycles. The van der Waals surface area contributed by atoms with Crippen molar-refractivity contribution < 1.29 is 23.5 Å². The van der Waals surface area contributed by atoms with Gasteiger partial charge in [-0.3, -0.25) is 4.79 Å². The molecule has 0 radical (unpaired) electrons. The number of hydrogen-bond donors (Lipinski definition) is 1. The highest BCUT2D eigenvalue weighted by Crippen LogP contribution is 2.53. The van der Waals surface area contributed by atoms with E-state index < -0.39 is 0 Å².